The molecule has 35 heavy (non-hydrogen) atoms. The number of aryl methyl sites for hydroxylation is 1. The Morgan fingerprint density at radius 1 is 1.23 bits per heavy atom. The lowest BCUT2D eigenvalue weighted by molar-refractivity contribution is -0.135. The highest BCUT2D eigenvalue weighted by Gasteiger charge is 2.37. The SMILES string of the molecule is CC(C)c1nccn1CCC(=O)N1CCCC2(CCCCCOc3ccc(Cl)cc3C(=O)NC2)C1. The molecular formula is C27H37ClN4O3. The number of aromatic nitrogens is 2. The number of imidazole rings is 1. The fraction of sp³-hybridized carbons (Fsp3) is 0.593. The smallest absolute Gasteiger partial charge is 0.255 e. The van der Waals surface area contributed by atoms with E-state index < -0.39 is 0 Å². The predicted molar refractivity (Wildman–Crippen MR) is 137 cm³/mol. The number of nitrogens with one attached hydrogen (secondary N) is 1. The molecular weight excluding hydrogens is 464 g/mol. The summed E-state index contributed by atoms with van der Waals surface area (Å²) in [6.07, 6.45) is 10.2. The molecule has 7 nitrogen and oxygen atoms in total. The normalized spacial score (nSPS) is 21.6. The third-order valence-electron chi connectivity index (χ3n) is 7.26. The average molecular weight is 501 g/mol. The Morgan fingerprint density at radius 2 is 2.06 bits per heavy atom. The van der Waals surface area contributed by atoms with Gasteiger partial charge in [0.25, 0.3) is 5.91 Å². The molecule has 1 atom stereocenters. The van der Waals surface area contributed by atoms with Crippen LogP contribution in [0.1, 0.15) is 80.9 Å². The number of hydrogen-bond donors (Lipinski definition) is 1. The Hall–Kier alpha value is -2.54. The Labute approximate surface area is 213 Å². The molecule has 1 unspecified atom stereocenters. The number of halogens is 1. The van der Waals surface area contributed by atoms with Crippen LogP contribution in [0.4, 0.5) is 0 Å². The van der Waals surface area contributed by atoms with E-state index in [4.69, 9.17) is 16.3 Å². The zero-order chi connectivity index (χ0) is 24.8. The van der Waals surface area contributed by atoms with Crippen molar-refractivity contribution in [1.82, 2.24) is 19.8 Å². The summed E-state index contributed by atoms with van der Waals surface area (Å²) in [5.41, 5.74) is 0.360. The number of hydrogen-bond acceptors (Lipinski definition) is 4. The van der Waals surface area contributed by atoms with E-state index in [0.29, 0.717) is 54.9 Å². The second kappa shape index (κ2) is 11.5. The van der Waals surface area contributed by atoms with Crippen LogP contribution >= 0.6 is 11.6 Å². The van der Waals surface area contributed by atoms with Crippen molar-refractivity contribution in [3.05, 3.63) is 47.0 Å². The van der Waals surface area contributed by atoms with Crippen molar-refractivity contribution in [2.75, 3.05) is 26.2 Å². The molecule has 1 N–H and O–H groups in total. The summed E-state index contributed by atoms with van der Waals surface area (Å²) in [5.74, 6) is 1.91. The molecule has 2 amide bonds. The first-order chi connectivity index (χ1) is 16.9. The molecule has 4 rings (SSSR count). The van der Waals surface area contributed by atoms with Crippen molar-refractivity contribution in [3.8, 4) is 5.75 Å². The molecule has 2 aliphatic heterocycles. The summed E-state index contributed by atoms with van der Waals surface area (Å²) in [4.78, 5) is 32.8. The summed E-state index contributed by atoms with van der Waals surface area (Å²) >= 11 is 6.17. The molecule has 1 aromatic carbocycles. The molecule has 2 aliphatic rings. The van der Waals surface area contributed by atoms with Gasteiger partial charge in [-0.15, -0.1) is 0 Å². The summed E-state index contributed by atoms with van der Waals surface area (Å²) < 4.78 is 7.96. The topological polar surface area (TPSA) is 76.5 Å². The highest BCUT2D eigenvalue weighted by atomic mass is 35.5. The quantitative estimate of drug-likeness (QED) is 0.638. The van der Waals surface area contributed by atoms with Crippen LogP contribution in [0.15, 0.2) is 30.6 Å². The number of piperidine rings is 1. The van der Waals surface area contributed by atoms with Crippen LogP contribution in [0.5, 0.6) is 5.75 Å². The number of amides is 2. The monoisotopic (exact) mass is 500 g/mol. The van der Waals surface area contributed by atoms with Crippen molar-refractivity contribution in [2.24, 2.45) is 5.41 Å². The molecule has 1 fully saturated rings. The summed E-state index contributed by atoms with van der Waals surface area (Å²) in [7, 11) is 0. The lowest BCUT2D eigenvalue weighted by atomic mass is 9.75. The minimum atomic E-state index is -0.174. The van der Waals surface area contributed by atoms with E-state index in [2.05, 4.69) is 28.7 Å². The number of carbonyl (C=O) groups is 2. The Balaban J connectivity index is 1.44. The van der Waals surface area contributed by atoms with Crippen molar-refractivity contribution >= 4 is 23.4 Å². The fourth-order valence-electron chi connectivity index (χ4n) is 5.37. The largest absolute Gasteiger partial charge is 0.493 e. The van der Waals surface area contributed by atoms with Crippen LogP contribution in [0.25, 0.3) is 0 Å². The highest BCUT2D eigenvalue weighted by Crippen LogP contribution is 2.36. The summed E-state index contributed by atoms with van der Waals surface area (Å²) in [6, 6.07) is 5.19. The van der Waals surface area contributed by atoms with E-state index in [1.807, 2.05) is 11.1 Å². The van der Waals surface area contributed by atoms with Gasteiger partial charge in [0.15, 0.2) is 0 Å². The number of likely N-dealkylation sites (tertiary alicyclic amines) is 1. The summed E-state index contributed by atoms with van der Waals surface area (Å²) in [5, 5.41) is 3.66. The lowest BCUT2D eigenvalue weighted by Crippen LogP contribution is -2.51. The Bertz CT molecular complexity index is 1040. The standard InChI is InChI=1S/C27H37ClN4O3/c1-20(2)25-29-12-15-31(25)14-9-24(33)32-13-6-11-27(19-32)10-4-3-5-16-35-23-8-7-21(28)17-22(23)26(34)30-18-27/h7-8,12,15,17,20H,3-6,9-11,13-14,16,18-19H2,1-2H3,(H,30,34). The third-order valence-corrected chi connectivity index (χ3v) is 7.50. The maximum Gasteiger partial charge on any atom is 0.255 e. The van der Waals surface area contributed by atoms with Gasteiger partial charge < -0.3 is 19.5 Å². The number of benzene rings is 1. The number of fused-ring (bicyclic) bond motifs is 1. The molecule has 8 heteroatoms. The minimum Gasteiger partial charge on any atom is -0.493 e. The molecule has 3 heterocycles. The number of rotatable bonds is 4. The van der Waals surface area contributed by atoms with Crippen LogP contribution in [-0.2, 0) is 11.3 Å². The Morgan fingerprint density at radius 3 is 2.89 bits per heavy atom. The van der Waals surface area contributed by atoms with E-state index >= 15 is 0 Å². The molecule has 190 valence electrons. The third kappa shape index (κ3) is 6.37. The first kappa shape index (κ1) is 25.5. The average Bonchev–Trinajstić information content (AvgIpc) is 3.32. The van der Waals surface area contributed by atoms with Gasteiger partial charge in [-0.05, 0) is 43.9 Å². The number of nitrogens with zero attached hydrogens (tertiary/aromatic N) is 3. The van der Waals surface area contributed by atoms with Crippen molar-refractivity contribution in [3.63, 3.8) is 0 Å². The van der Waals surface area contributed by atoms with Gasteiger partial charge in [-0.25, -0.2) is 4.98 Å². The van der Waals surface area contributed by atoms with Gasteiger partial charge in [0.2, 0.25) is 5.91 Å². The van der Waals surface area contributed by atoms with E-state index in [1.54, 1.807) is 24.4 Å². The van der Waals surface area contributed by atoms with Gasteiger partial charge in [0.05, 0.1) is 12.2 Å². The van der Waals surface area contributed by atoms with Crippen molar-refractivity contribution < 1.29 is 14.3 Å². The van der Waals surface area contributed by atoms with Gasteiger partial charge in [-0.3, -0.25) is 9.59 Å². The van der Waals surface area contributed by atoms with Crippen LogP contribution in [0.2, 0.25) is 5.02 Å². The van der Waals surface area contributed by atoms with E-state index in [0.717, 1.165) is 50.9 Å². The van der Waals surface area contributed by atoms with Gasteiger partial charge in [0.1, 0.15) is 11.6 Å². The molecule has 0 radical (unpaired) electrons. The van der Waals surface area contributed by atoms with E-state index in [9.17, 15) is 9.59 Å². The highest BCUT2D eigenvalue weighted by molar-refractivity contribution is 6.31. The maximum atomic E-state index is 13.2. The molecule has 1 spiro atoms. The molecule has 0 saturated carbocycles. The van der Waals surface area contributed by atoms with Crippen LogP contribution in [0.3, 0.4) is 0 Å². The maximum absolute atomic E-state index is 13.2. The predicted octanol–water partition coefficient (Wildman–Crippen LogP) is 5.04. The van der Waals surface area contributed by atoms with E-state index in [-0.39, 0.29) is 17.2 Å². The first-order valence-electron chi connectivity index (χ1n) is 12.9. The fourth-order valence-corrected chi connectivity index (χ4v) is 5.54. The van der Waals surface area contributed by atoms with Crippen molar-refractivity contribution in [1.29, 1.82) is 0 Å². The zero-order valence-electron chi connectivity index (χ0n) is 20.9. The minimum absolute atomic E-state index is 0.111. The summed E-state index contributed by atoms with van der Waals surface area (Å²) in [6.45, 7) is 7.46. The van der Waals surface area contributed by atoms with Crippen LogP contribution in [-0.4, -0.2) is 52.5 Å². The van der Waals surface area contributed by atoms with Gasteiger partial charge in [-0.1, -0.05) is 38.3 Å². The van der Waals surface area contributed by atoms with E-state index in [1.165, 1.54) is 0 Å². The molecule has 1 aromatic heterocycles. The number of carbonyl (C=O) groups excluding carboxylic acids is 2. The van der Waals surface area contributed by atoms with Gasteiger partial charge >= 0.3 is 0 Å². The molecule has 0 aliphatic carbocycles. The second-order valence-corrected chi connectivity index (χ2v) is 10.7. The molecule has 1 saturated heterocycles. The van der Waals surface area contributed by atoms with Gasteiger partial charge in [0, 0.05) is 61.3 Å². The molecule has 2 aromatic rings. The Kier molecular flexibility index (Phi) is 8.37. The van der Waals surface area contributed by atoms with Crippen LogP contribution in [0, 0.1) is 5.41 Å². The van der Waals surface area contributed by atoms with Crippen molar-refractivity contribution in [2.45, 2.75) is 71.3 Å². The first-order valence-corrected chi connectivity index (χ1v) is 13.2. The lowest BCUT2D eigenvalue weighted by Gasteiger charge is -2.43. The zero-order valence-corrected chi connectivity index (χ0v) is 21.6. The number of ether oxygens (including phenoxy) is 1. The second-order valence-electron chi connectivity index (χ2n) is 10.3. The van der Waals surface area contributed by atoms with Crippen LogP contribution < -0.4 is 10.1 Å². The molecule has 0 bridgehead atoms. The van der Waals surface area contributed by atoms with Gasteiger partial charge in [-0.2, -0.15) is 0 Å².